The SMILES string of the molecule is COc1ccc2ccc(OC)c(/C=C(\C#N)C(=O)NCc3cccs3)c2c1. The first-order valence-corrected chi connectivity index (χ1v) is 9.11. The molecule has 1 N–H and O–H groups in total. The Labute approximate surface area is 161 Å². The van der Waals surface area contributed by atoms with Crippen LogP contribution in [0.15, 0.2) is 53.4 Å². The van der Waals surface area contributed by atoms with Crippen molar-refractivity contribution < 1.29 is 14.3 Å². The minimum absolute atomic E-state index is 0.0141. The molecule has 0 aliphatic heterocycles. The van der Waals surface area contributed by atoms with Crippen LogP contribution in [0.4, 0.5) is 0 Å². The number of benzene rings is 2. The van der Waals surface area contributed by atoms with Gasteiger partial charge in [-0.25, -0.2) is 0 Å². The Kier molecular flexibility index (Phi) is 5.74. The first-order chi connectivity index (χ1) is 13.2. The molecule has 0 atom stereocenters. The number of ether oxygens (including phenoxy) is 2. The number of amides is 1. The van der Waals surface area contributed by atoms with E-state index in [4.69, 9.17) is 9.47 Å². The second-order valence-electron chi connectivity index (χ2n) is 5.70. The molecular weight excluding hydrogens is 360 g/mol. The molecule has 0 bridgehead atoms. The third-order valence-corrected chi connectivity index (χ3v) is 4.98. The summed E-state index contributed by atoms with van der Waals surface area (Å²) in [6, 6.07) is 15.2. The van der Waals surface area contributed by atoms with E-state index in [0.717, 1.165) is 15.6 Å². The van der Waals surface area contributed by atoms with Crippen LogP contribution in [0.5, 0.6) is 11.5 Å². The summed E-state index contributed by atoms with van der Waals surface area (Å²) < 4.78 is 10.8. The van der Waals surface area contributed by atoms with Crippen molar-refractivity contribution >= 4 is 34.1 Å². The van der Waals surface area contributed by atoms with Crippen molar-refractivity contribution in [3.8, 4) is 17.6 Å². The van der Waals surface area contributed by atoms with E-state index < -0.39 is 5.91 Å². The van der Waals surface area contributed by atoms with Crippen LogP contribution in [0, 0.1) is 11.3 Å². The highest BCUT2D eigenvalue weighted by Crippen LogP contribution is 2.32. The maximum atomic E-state index is 12.5. The topological polar surface area (TPSA) is 71.3 Å². The molecule has 0 fully saturated rings. The highest BCUT2D eigenvalue weighted by atomic mass is 32.1. The van der Waals surface area contributed by atoms with Crippen LogP contribution >= 0.6 is 11.3 Å². The van der Waals surface area contributed by atoms with Gasteiger partial charge in [-0.2, -0.15) is 5.26 Å². The molecule has 2 aromatic carbocycles. The maximum absolute atomic E-state index is 12.5. The number of nitriles is 1. The Morgan fingerprint density at radius 3 is 2.70 bits per heavy atom. The monoisotopic (exact) mass is 378 g/mol. The number of hydrogen-bond donors (Lipinski definition) is 1. The van der Waals surface area contributed by atoms with E-state index in [-0.39, 0.29) is 5.57 Å². The molecule has 1 aromatic heterocycles. The Bertz CT molecular complexity index is 1030. The third kappa shape index (κ3) is 4.10. The molecule has 0 spiro atoms. The molecule has 0 unspecified atom stereocenters. The number of methoxy groups -OCH3 is 2. The summed E-state index contributed by atoms with van der Waals surface area (Å²) in [4.78, 5) is 13.5. The van der Waals surface area contributed by atoms with Gasteiger partial charge in [-0.05, 0) is 46.5 Å². The van der Waals surface area contributed by atoms with Crippen LogP contribution in [-0.4, -0.2) is 20.1 Å². The molecule has 0 aliphatic carbocycles. The van der Waals surface area contributed by atoms with Gasteiger partial charge in [0.05, 0.1) is 20.8 Å². The number of nitrogens with one attached hydrogen (secondary N) is 1. The fourth-order valence-electron chi connectivity index (χ4n) is 2.72. The van der Waals surface area contributed by atoms with Crippen molar-refractivity contribution in [2.45, 2.75) is 6.54 Å². The first kappa shape index (κ1) is 18.5. The van der Waals surface area contributed by atoms with Crippen molar-refractivity contribution in [2.24, 2.45) is 0 Å². The summed E-state index contributed by atoms with van der Waals surface area (Å²) in [5, 5.41) is 16.0. The van der Waals surface area contributed by atoms with Crippen molar-refractivity contribution in [2.75, 3.05) is 14.2 Å². The van der Waals surface area contributed by atoms with Crippen LogP contribution < -0.4 is 14.8 Å². The number of fused-ring (bicyclic) bond motifs is 1. The second kappa shape index (κ2) is 8.39. The maximum Gasteiger partial charge on any atom is 0.262 e. The minimum atomic E-state index is -0.423. The number of carbonyl (C=O) groups excluding carboxylic acids is 1. The van der Waals surface area contributed by atoms with Crippen molar-refractivity contribution in [3.05, 3.63) is 63.9 Å². The fourth-order valence-corrected chi connectivity index (χ4v) is 3.37. The van der Waals surface area contributed by atoms with E-state index in [2.05, 4.69) is 5.32 Å². The molecule has 1 heterocycles. The van der Waals surface area contributed by atoms with Gasteiger partial charge in [-0.3, -0.25) is 4.79 Å². The average Bonchev–Trinajstić information content (AvgIpc) is 3.23. The lowest BCUT2D eigenvalue weighted by atomic mass is 10.0. The number of carbonyl (C=O) groups is 1. The standard InChI is InChI=1S/C21H18N2O3S/c1-25-16-7-5-14-6-8-20(26-2)19(18(14)11-16)10-15(12-22)21(24)23-13-17-4-3-9-27-17/h3-11H,13H2,1-2H3,(H,23,24)/b15-10+. The molecule has 136 valence electrons. The summed E-state index contributed by atoms with van der Waals surface area (Å²) in [7, 11) is 3.15. The van der Waals surface area contributed by atoms with Crippen molar-refractivity contribution in [3.63, 3.8) is 0 Å². The normalized spacial score (nSPS) is 11.1. The lowest BCUT2D eigenvalue weighted by molar-refractivity contribution is -0.117. The highest BCUT2D eigenvalue weighted by molar-refractivity contribution is 7.09. The van der Waals surface area contributed by atoms with E-state index in [9.17, 15) is 10.1 Å². The van der Waals surface area contributed by atoms with Gasteiger partial charge in [-0.15, -0.1) is 11.3 Å². The van der Waals surface area contributed by atoms with Gasteiger partial charge in [0.1, 0.15) is 23.1 Å². The summed E-state index contributed by atoms with van der Waals surface area (Å²) in [5.41, 5.74) is 0.678. The number of thiophene rings is 1. The average molecular weight is 378 g/mol. The highest BCUT2D eigenvalue weighted by Gasteiger charge is 2.13. The smallest absolute Gasteiger partial charge is 0.262 e. The molecular formula is C21H18N2O3S. The second-order valence-corrected chi connectivity index (χ2v) is 6.73. The fraction of sp³-hybridized carbons (Fsp3) is 0.143. The minimum Gasteiger partial charge on any atom is -0.497 e. The molecule has 27 heavy (non-hydrogen) atoms. The Morgan fingerprint density at radius 2 is 2.04 bits per heavy atom. The van der Waals surface area contributed by atoms with Gasteiger partial charge in [0.25, 0.3) is 5.91 Å². The van der Waals surface area contributed by atoms with Gasteiger partial charge in [0, 0.05) is 10.4 Å². The number of hydrogen-bond acceptors (Lipinski definition) is 5. The van der Waals surface area contributed by atoms with Crippen LogP contribution in [0.25, 0.3) is 16.8 Å². The number of nitrogens with zero attached hydrogens (tertiary/aromatic N) is 1. The van der Waals surface area contributed by atoms with Crippen LogP contribution in [-0.2, 0) is 11.3 Å². The zero-order valence-corrected chi connectivity index (χ0v) is 15.8. The number of rotatable bonds is 6. The summed E-state index contributed by atoms with van der Waals surface area (Å²) in [6.45, 7) is 0.385. The van der Waals surface area contributed by atoms with Gasteiger partial charge in [-0.1, -0.05) is 18.2 Å². The van der Waals surface area contributed by atoms with E-state index in [0.29, 0.717) is 23.6 Å². The zero-order valence-electron chi connectivity index (χ0n) is 15.0. The molecule has 3 rings (SSSR count). The van der Waals surface area contributed by atoms with Gasteiger partial charge in [0.15, 0.2) is 0 Å². The van der Waals surface area contributed by atoms with Crippen molar-refractivity contribution in [1.29, 1.82) is 5.26 Å². The van der Waals surface area contributed by atoms with Crippen LogP contribution in [0.3, 0.4) is 0 Å². The first-order valence-electron chi connectivity index (χ1n) is 8.23. The Morgan fingerprint density at radius 1 is 1.22 bits per heavy atom. The summed E-state index contributed by atoms with van der Waals surface area (Å²) in [6.07, 6.45) is 1.56. The molecule has 0 saturated carbocycles. The van der Waals surface area contributed by atoms with Crippen LogP contribution in [0.1, 0.15) is 10.4 Å². The lowest BCUT2D eigenvalue weighted by Crippen LogP contribution is -2.23. The Balaban J connectivity index is 2.00. The van der Waals surface area contributed by atoms with E-state index >= 15 is 0 Å². The molecule has 3 aromatic rings. The third-order valence-electron chi connectivity index (χ3n) is 4.11. The van der Waals surface area contributed by atoms with E-state index in [1.165, 1.54) is 0 Å². The largest absolute Gasteiger partial charge is 0.497 e. The molecule has 0 radical (unpaired) electrons. The predicted octanol–water partition coefficient (Wildman–Crippen LogP) is 4.14. The van der Waals surface area contributed by atoms with Gasteiger partial charge >= 0.3 is 0 Å². The summed E-state index contributed by atoms with van der Waals surface area (Å²) >= 11 is 1.55. The zero-order chi connectivity index (χ0) is 19.2. The molecule has 0 saturated heterocycles. The molecule has 5 nitrogen and oxygen atoms in total. The van der Waals surface area contributed by atoms with E-state index in [1.54, 1.807) is 31.6 Å². The quantitative estimate of drug-likeness (QED) is 0.517. The van der Waals surface area contributed by atoms with Gasteiger partial charge < -0.3 is 14.8 Å². The molecule has 6 heteroatoms. The van der Waals surface area contributed by atoms with Gasteiger partial charge in [0.2, 0.25) is 0 Å². The summed E-state index contributed by atoms with van der Waals surface area (Å²) in [5.74, 6) is 0.841. The molecule has 0 aliphatic rings. The predicted molar refractivity (Wildman–Crippen MR) is 107 cm³/mol. The van der Waals surface area contributed by atoms with E-state index in [1.807, 2.05) is 53.9 Å². The van der Waals surface area contributed by atoms with Crippen LogP contribution in [0.2, 0.25) is 0 Å². The lowest BCUT2D eigenvalue weighted by Gasteiger charge is -2.11. The molecule has 1 amide bonds. The van der Waals surface area contributed by atoms with Crippen molar-refractivity contribution in [1.82, 2.24) is 5.32 Å². The Hall–Kier alpha value is -3.30.